The highest BCUT2D eigenvalue weighted by Crippen LogP contribution is 2.38. The molecule has 274 valence electrons. The summed E-state index contributed by atoms with van der Waals surface area (Å²) in [6.45, 7) is 24.9. The Bertz CT molecular complexity index is 1600. The van der Waals surface area contributed by atoms with E-state index in [4.69, 9.17) is 18.9 Å². The minimum atomic E-state index is -0.268. The summed E-state index contributed by atoms with van der Waals surface area (Å²) in [5, 5.41) is 0. The van der Waals surface area contributed by atoms with E-state index >= 15 is 0 Å². The summed E-state index contributed by atoms with van der Waals surface area (Å²) in [5.74, 6) is 3.48. The van der Waals surface area contributed by atoms with Crippen LogP contribution >= 0.6 is 0 Å². The molecule has 0 spiro atoms. The largest absolute Gasteiger partial charge is 0.488 e. The lowest BCUT2D eigenvalue weighted by Gasteiger charge is -2.25. The van der Waals surface area contributed by atoms with Crippen molar-refractivity contribution in [1.82, 2.24) is 0 Å². The molecule has 0 fully saturated rings. The third-order valence-corrected chi connectivity index (χ3v) is 8.15. The van der Waals surface area contributed by atoms with Gasteiger partial charge in [0.05, 0.1) is 0 Å². The van der Waals surface area contributed by atoms with Gasteiger partial charge in [-0.1, -0.05) is 72.8 Å². The molecule has 0 bridgehead atoms. The summed E-state index contributed by atoms with van der Waals surface area (Å²) in [7, 11) is 0. The number of rotatable bonds is 10. The molecule has 5 aromatic carbocycles. The second-order valence-corrected chi connectivity index (χ2v) is 17.7. The van der Waals surface area contributed by atoms with Crippen LogP contribution in [0, 0.1) is 0 Å². The van der Waals surface area contributed by atoms with Gasteiger partial charge in [0.2, 0.25) is 0 Å². The highest BCUT2D eigenvalue weighted by Gasteiger charge is 2.23. The summed E-state index contributed by atoms with van der Waals surface area (Å²) in [6, 6.07) is 43.2. The van der Waals surface area contributed by atoms with Gasteiger partial charge in [-0.25, -0.2) is 0 Å². The molecule has 5 aromatic rings. The Labute approximate surface area is 313 Å². The van der Waals surface area contributed by atoms with E-state index in [1.54, 1.807) is 0 Å². The fourth-order valence-corrected chi connectivity index (χ4v) is 6.36. The zero-order valence-corrected chi connectivity index (χ0v) is 33.3. The molecule has 0 aliphatic rings. The van der Waals surface area contributed by atoms with Crippen LogP contribution in [0.4, 0.5) is 0 Å². The average Bonchev–Trinajstić information content (AvgIpc) is 3.02. The van der Waals surface area contributed by atoms with E-state index in [-0.39, 0.29) is 34.2 Å². The first-order valence-electron chi connectivity index (χ1n) is 18.5. The van der Waals surface area contributed by atoms with Gasteiger partial charge in [-0.3, -0.25) is 0 Å². The molecule has 0 saturated heterocycles. The van der Waals surface area contributed by atoms with Crippen molar-refractivity contribution in [3.05, 3.63) is 155 Å². The van der Waals surface area contributed by atoms with Crippen LogP contribution in [-0.4, -0.2) is 22.4 Å². The molecular weight excluding hydrogens is 641 g/mol. The Kier molecular flexibility index (Phi) is 11.2. The zero-order valence-electron chi connectivity index (χ0n) is 33.3. The molecular formula is C48H58O4. The van der Waals surface area contributed by atoms with Crippen LogP contribution in [0.5, 0.6) is 23.0 Å². The minimum Gasteiger partial charge on any atom is -0.488 e. The van der Waals surface area contributed by atoms with E-state index in [0.29, 0.717) is 0 Å². The second-order valence-electron chi connectivity index (χ2n) is 17.7. The number of hydrogen-bond donors (Lipinski definition) is 0. The summed E-state index contributed by atoms with van der Waals surface area (Å²) < 4.78 is 24.7. The minimum absolute atomic E-state index is 0.0162. The number of hydrogen-bond acceptors (Lipinski definition) is 4. The van der Waals surface area contributed by atoms with Crippen LogP contribution in [0.25, 0.3) is 0 Å². The fraction of sp³-hybridized carbons (Fsp3) is 0.375. The third kappa shape index (κ3) is 11.1. The Morgan fingerprint density at radius 2 is 0.385 bits per heavy atom. The van der Waals surface area contributed by atoms with Crippen molar-refractivity contribution in [2.75, 3.05) is 0 Å². The van der Waals surface area contributed by atoms with Crippen LogP contribution in [0.2, 0.25) is 0 Å². The molecule has 0 aliphatic heterocycles. The molecule has 0 radical (unpaired) electrons. The predicted molar refractivity (Wildman–Crippen MR) is 216 cm³/mol. The van der Waals surface area contributed by atoms with Crippen LogP contribution in [-0.2, 0) is 0 Å². The summed E-state index contributed by atoms with van der Waals surface area (Å²) in [4.78, 5) is 0. The molecule has 0 heterocycles. The lowest BCUT2D eigenvalue weighted by atomic mass is 9.81. The highest BCUT2D eigenvalue weighted by molar-refractivity contribution is 5.50. The van der Waals surface area contributed by atoms with Gasteiger partial charge in [-0.05, 0) is 165 Å². The topological polar surface area (TPSA) is 36.9 Å². The normalized spacial score (nSPS) is 12.6. The Hall–Kier alpha value is -4.70. The molecule has 0 amide bonds. The van der Waals surface area contributed by atoms with Crippen molar-refractivity contribution in [2.24, 2.45) is 0 Å². The van der Waals surface area contributed by atoms with Gasteiger partial charge < -0.3 is 18.9 Å². The Morgan fingerprint density at radius 3 is 0.519 bits per heavy atom. The first-order chi connectivity index (χ1) is 24.2. The lowest BCUT2D eigenvalue weighted by Crippen LogP contribution is -2.23. The van der Waals surface area contributed by atoms with Gasteiger partial charge in [0.25, 0.3) is 0 Å². The molecule has 52 heavy (non-hydrogen) atoms. The Balaban J connectivity index is 1.54. The molecule has 0 atom stereocenters. The smallest absolute Gasteiger partial charge is 0.120 e. The molecule has 0 N–H and O–H groups in total. The molecule has 0 saturated carbocycles. The fourth-order valence-electron chi connectivity index (χ4n) is 6.36. The van der Waals surface area contributed by atoms with Crippen molar-refractivity contribution >= 4 is 0 Å². The maximum absolute atomic E-state index is 6.17. The van der Waals surface area contributed by atoms with Crippen LogP contribution in [0.3, 0.4) is 0 Å². The number of ether oxygens (including phenoxy) is 4. The van der Waals surface area contributed by atoms with Crippen LogP contribution < -0.4 is 18.9 Å². The van der Waals surface area contributed by atoms with Crippen LogP contribution in [0.1, 0.15) is 128 Å². The van der Waals surface area contributed by atoms with Gasteiger partial charge in [0.15, 0.2) is 0 Å². The van der Waals surface area contributed by atoms with Gasteiger partial charge in [-0.15, -0.1) is 0 Å². The standard InChI is InChI=1S/C48H58O4/c1-45(2,3)49-39-25-17-35(18-26-39)43(36-19-27-40(28-20-36)50-46(4,5)6)33-13-15-34(16-14-33)44(37-21-29-41(30-22-37)51-47(7,8)9)38-23-31-42(32-24-38)52-48(10,11)12/h13-32,43-44H,1-12H3. The van der Waals surface area contributed by atoms with Crippen molar-refractivity contribution < 1.29 is 18.9 Å². The summed E-state index contributed by atoms with van der Waals surface area (Å²) in [6.07, 6.45) is 0. The SMILES string of the molecule is CC(C)(C)Oc1ccc(C(c2ccc(OC(C)(C)C)cc2)c2ccc(C(c3ccc(OC(C)(C)C)cc3)c3ccc(OC(C)(C)C)cc3)cc2)cc1. The molecule has 0 aromatic heterocycles. The zero-order chi connectivity index (χ0) is 37.9. The Morgan fingerprint density at radius 1 is 0.250 bits per heavy atom. The summed E-state index contributed by atoms with van der Waals surface area (Å²) in [5.41, 5.74) is 6.12. The summed E-state index contributed by atoms with van der Waals surface area (Å²) >= 11 is 0. The van der Waals surface area contributed by atoms with Gasteiger partial charge in [0.1, 0.15) is 45.4 Å². The van der Waals surface area contributed by atoms with E-state index in [9.17, 15) is 0 Å². The van der Waals surface area contributed by atoms with Crippen molar-refractivity contribution in [2.45, 2.75) is 117 Å². The molecule has 5 rings (SSSR count). The van der Waals surface area contributed by atoms with Gasteiger partial charge in [0, 0.05) is 11.8 Å². The second kappa shape index (κ2) is 15.1. The van der Waals surface area contributed by atoms with Crippen molar-refractivity contribution in [3.63, 3.8) is 0 Å². The molecule has 0 aliphatic carbocycles. The maximum atomic E-state index is 6.17. The maximum Gasteiger partial charge on any atom is 0.120 e. The monoisotopic (exact) mass is 698 g/mol. The van der Waals surface area contributed by atoms with Crippen molar-refractivity contribution in [3.8, 4) is 23.0 Å². The quantitative estimate of drug-likeness (QED) is 0.136. The lowest BCUT2D eigenvalue weighted by molar-refractivity contribution is 0.130. The number of benzene rings is 5. The van der Waals surface area contributed by atoms with E-state index in [1.165, 1.54) is 33.4 Å². The van der Waals surface area contributed by atoms with E-state index in [1.807, 2.05) is 0 Å². The third-order valence-electron chi connectivity index (χ3n) is 8.15. The predicted octanol–water partition coefficient (Wildman–Crippen LogP) is 12.8. The average molecular weight is 699 g/mol. The first kappa shape index (κ1) is 38.5. The molecule has 4 heteroatoms. The van der Waals surface area contributed by atoms with Gasteiger partial charge >= 0.3 is 0 Å². The van der Waals surface area contributed by atoms with Gasteiger partial charge in [-0.2, -0.15) is 0 Å². The van der Waals surface area contributed by atoms with Crippen molar-refractivity contribution in [1.29, 1.82) is 0 Å². The molecule has 4 nitrogen and oxygen atoms in total. The molecule has 0 unspecified atom stereocenters. The van der Waals surface area contributed by atoms with E-state index in [0.717, 1.165) is 23.0 Å². The first-order valence-corrected chi connectivity index (χ1v) is 18.5. The van der Waals surface area contributed by atoms with Crippen LogP contribution in [0.15, 0.2) is 121 Å². The van der Waals surface area contributed by atoms with E-state index in [2.05, 4.69) is 204 Å². The van der Waals surface area contributed by atoms with E-state index < -0.39 is 0 Å². The highest BCUT2D eigenvalue weighted by atomic mass is 16.5.